The van der Waals surface area contributed by atoms with Crippen LogP contribution in [0.25, 0.3) is 0 Å². The van der Waals surface area contributed by atoms with Crippen LogP contribution in [0.2, 0.25) is 0 Å². The minimum absolute atomic E-state index is 0.0153. The summed E-state index contributed by atoms with van der Waals surface area (Å²) < 4.78 is 5.20. The van der Waals surface area contributed by atoms with Gasteiger partial charge in [-0.1, -0.05) is 39.5 Å². The van der Waals surface area contributed by atoms with Gasteiger partial charge in [0.05, 0.1) is 0 Å². The number of hydrogen-bond donors (Lipinski definition) is 0. The first kappa shape index (κ1) is 16.7. The Bertz CT molecular complexity index is 432. The molecule has 0 radical (unpaired) electrons. The van der Waals surface area contributed by atoms with E-state index in [9.17, 15) is 9.59 Å². The molecule has 0 spiro atoms. The highest BCUT2D eigenvalue weighted by Gasteiger charge is 2.39. The molecule has 3 nitrogen and oxygen atoms in total. The van der Waals surface area contributed by atoms with Crippen LogP contribution in [-0.2, 0) is 14.3 Å². The number of Topliss-reactive ketones (excluding diaryl/α,β-unsaturated/α-hetero) is 1. The molecule has 0 bridgehead atoms. The summed E-state index contributed by atoms with van der Waals surface area (Å²) in [4.78, 5) is 24.0. The fraction of sp³-hybridized carbons (Fsp3) is 0.647. The molecule has 0 saturated carbocycles. The van der Waals surface area contributed by atoms with Crippen LogP contribution in [0.5, 0.6) is 0 Å². The van der Waals surface area contributed by atoms with Gasteiger partial charge in [0.25, 0.3) is 0 Å². The van der Waals surface area contributed by atoms with Crippen LogP contribution in [-0.4, -0.2) is 17.9 Å². The molecule has 3 heteroatoms. The first-order valence-corrected chi connectivity index (χ1v) is 7.21. The van der Waals surface area contributed by atoms with Crippen LogP contribution in [0.3, 0.4) is 0 Å². The number of carbonyl (C=O) groups excluding carboxylic acids is 2. The van der Waals surface area contributed by atoms with Gasteiger partial charge in [-0.05, 0) is 31.6 Å². The Morgan fingerprint density at radius 2 is 2.05 bits per heavy atom. The van der Waals surface area contributed by atoms with Crippen molar-refractivity contribution in [2.75, 3.05) is 0 Å². The van der Waals surface area contributed by atoms with Crippen molar-refractivity contribution in [2.24, 2.45) is 17.3 Å². The number of esters is 1. The quantitative estimate of drug-likeness (QED) is 0.437. The van der Waals surface area contributed by atoms with Crippen molar-refractivity contribution in [2.45, 2.75) is 53.6 Å². The van der Waals surface area contributed by atoms with E-state index in [0.29, 0.717) is 5.57 Å². The molecule has 112 valence electrons. The molecule has 20 heavy (non-hydrogen) atoms. The molecule has 0 fully saturated rings. The molecule has 3 unspecified atom stereocenters. The van der Waals surface area contributed by atoms with E-state index >= 15 is 0 Å². The first-order valence-electron chi connectivity index (χ1n) is 7.21. The number of hydrogen-bond acceptors (Lipinski definition) is 3. The highest BCUT2D eigenvalue weighted by molar-refractivity contribution is 5.88. The summed E-state index contributed by atoms with van der Waals surface area (Å²) >= 11 is 0. The third-order valence-corrected chi connectivity index (χ3v) is 3.94. The van der Waals surface area contributed by atoms with E-state index in [4.69, 9.17) is 4.74 Å². The zero-order chi connectivity index (χ0) is 15.5. The van der Waals surface area contributed by atoms with Crippen molar-refractivity contribution in [1.29, 1.82) is 0 Å². The fourth-order valence-electron chi connectivity index (χ4n) is 3.00. The molecule has 0 aliphatic heterocycles. The van der Waals surface area contributed by atoms with E-state index in [1.165, 1.54) is 0 Å². The highest BCUT2D eigenvalue weighted by Crippen LogP contribution is 2.41. The van der Waals surface area contributed by atoms with Gasteiger partial charge in [-0.25, -0.2) is 4.79 Å². The monoisotopic (exact) mass is 278 g/mol. The third-order valence-electron chi connectivity index (χ3n) is 3.94. The number of ether oxygens (including phenoxy) is 1. The third kappa shape index (κ3) is 4.06. The maximum absolute atomic E-state index is 12.5. The van der Waals surface area contributed by atoms with Crippen LogP contribution < -0.4 is 0 Å². The second-order valence-electron chi connectivity index (χ2n) is 6.62. The molecule has 1 aliphatic rings. The number of ketones is 1. The van der Waals surface area contributed by atoms with Gasteiger partial charge in [-0.3, -0.25) is 4.79 Å². The smallest absolute Gasteiger partial charge is 0.333 e. The minimum atomic E-state index is -0.429. The predicted molar refractivity (Wildman–Crippen MR) is 80.2 cm³/mol. The van der Waals surface area contributed by atoms with Crippen LogP contribution >= 0.6 is 0 Å². The molecule has 0 aromatic heterocycles. The molecular formula is C17H26O3. The van der Waals surface area contributed by atoms with E-state index in [0.717, 1.165) is 6.42 Å². The van der Waals surface area contributed by atoms with Crippen molar-refractivity contribution < 1.29 is 14.3 Å². The van der Waals surface area contributed by atoms with Gasteiger partial charge in [0.2, 0.25) is 0 Å². The first-order chi connectivity index (χ1) is 9.15. The molecule has 3 atom stereocenters. The van der Waals surface area contributed by atoms with Gasteiger partial charge in [-0.2, -0.15) is 0 Å². The second kappa shape index (κ2) is 6.38. The van der Waals surface area contributed by atoms with Gasteiger partial charge in [0.15, 0.2) is 0 Å². The molecule has 1 aliphatic carbocycles. The Morgan fingerprint density at radius 3 is 2.55 bits per heavy atom. The van der Waals surface area contributed by atoms with Gasteiger partial charge in [0.1, 0.15) is 11.9 Å². The largest absolute Gasteiger partial charge is 0.459 e. The Morgan fingerprint density at radius 1 is 1.45 bits per heavy atom. The number of carbonyl (C=O) groups is 2. The number of rotatable bonds is 5. The SMILES string of the molecule is C=C(C)C(=O)OC(C)CC(=O)C1C(C)C=CCC1(C)C. The topological polar surface area (TPSA) is 43.4 Å². The summed E-state index contributed by atoms with van der Waals surface area (Å²) in [6.45, 7) is 13.2. The Labute approximate surface area is 122 Å². The van der Waals surface area contributed by atoms with E-state index in [1.807, 2.05) is 0 Å². The molecule has 0 aromatic rings. The van der Waals surface area contributed by atoms with Crippen molar-refractivity contribution in [3.63, 3.8) is 0 Å². The average molecular weight is 278 g/mol. The lowest BCUT2D eigenvalue weighted by atomic mass is 9.65. The summed E-state index contributed by atoms with van der Waals surface area (Å²) in [7, 11) is 0. The van der Waals surface area contributed by atoms with Gasteiger partial charge in [0, 0.05) is 17.9 Å². The predicted octanol–water partition coefficient (Wildman–Crippen LogP) is 3.69. The highest BCUT2D eigenvalue weighted by atomic mass is 16.5. The summed E-state index contributed by atoms with van der Waals surface area (Å²) in [5.74, 6) is -0.0382. The minimum Gasteiger partial charge on any atom is -0.459 e. The van der Waals surface area contributed by atoms with Crippen LogP contribution in [0, 0.1) is 17.3 Å². The lowest BCUT2D eigenvalue weighted by Gasteiger charge is -2.39. The summed E-state index contributed by atoms with van der Waals surface area (Å²) in [6, 6.07) is 0. The summed E-state index contributed by atoms with van der Waals surface area (Å²) in [6.07, 6.45) is 5.04. The standard InChI is InChI=1S/C17H26O3/c1-11(2)16(19)20-13(4)10-14(18)15-12(3)8-7-9-17(15,5)6/h7-8,12-13,15H,1,9-10H2,2-6H3. The summed E-state index contributed by atoms with van der Waals surface area (Å²) in [5.41, 5.74) is 0.321. The molecule has 0 heterocycles. The molecule has 0 N–H and O–H groups in total. The lowest BCUT2D eigenvalue weighted by molar-refractivity contribution is -0.145. The van der Waals surface area contributed by atoms with Crippen LogP contribution in [0.1, 0.15) is 47.5 Å². The zero-order valence-electron chi connectivity index (χ0n) is 13.2. The van der Waals surface area contributed by atoms with E-state index in [1.54, 1.807) is 13.8 Å². The lowest BCUT2D eigenvalue weighted by Crippen LogP contribution is -2.38. The van der Waals surface area contributed by atoms with Crippen molar-refractivity contribution in [3.05, 3.63) is 24.3 Å². The van der Waals surface area contributed by atoms with Crippen LogP contribution in [0.4, 0.5) is 0 Å². The van der Waals surface area contributed by atoms with Gasteiger partial charge >= 0.3 is 5.97 Å². The van der Waals surface area contributed by atoms with E-state index in [2.05, 4.69) is 39.5 Å². The van der Waals surface area contributed by atoms with Gasteiger partial charge < -0.3 is 4.74 Å². The maximum Gasteiger partial charge on any atom is 0.333 e. The van der Waals surface area contributed by atoms with E-state index in [-0.39, 0.29) is 29.5 Å². The van der Waals surface area contributed by atoms with Gasteiger partial charge in [-0.15, -0.1) is 0 Å². The Hall–Kier alpha value is -1.38. The average Bonchev–Trinajstić information content (AvgIpc) is 2.26. The second-order valence-corrected chi connectivity index (χ2v) is 6.62. The molecule has 0 saturated heterocycles. The zero-order valence-corrected chi connectivity index (χ0v) is 13.2. The fourth-order valence-corrected chi connectivity index (χ4v) is 3.00. The van der Waals surface area contributed by atoms with Crippen molar-refractivity contribution in [3.8, 4) is 0 Å². The van der Waals surface area contributed by atoms with Crippen LogP contribution in [0.15, 0.2) is 24.3 Å². The van der Waals surface area contributed by atoms with Crippen molar-refractivity contribution >= 4 is 11.8 Å². The molecule has 0 amide bonds. The van der Waals surface area contributed by atoms with E-state index < -0.39 is 12.1 Å². The van der Waals surface area contributed by atoms with Crippen molar-refractivity contribution in [1.82, 2.24) is 0 Å². The molecular weight excluding hydrogens is 252 g/mol. The summed E-state index contributed by atoms with van der Waals surface area (Å²) in [5, 5.41) is 0. The molecule has 1 rings (SSSR count). The Balaban J connectivity index is 2.68. The molecule has 0 aromatic carbocycles. The Kier molecular flexibility index (Phi) is 5.32. The maximum atomic E-state index is 12.5. The normalized spacial score (nSPS) is 25.9. The number of allylic oxidation sites excluding steroid dienone is 2.